The van der Waals surface area contributed by atoms with Crippen molar-refractivity contribution in [1.29, 1.82) is 0 Å². The number of benzene rings is 1. The summed E-state index contributed by atoms with van der Waals surface area (Å²) in [6, 6.07) is 10.7. The molecular formula is C21H32O2. The Balaban J connectivity index is 1.81. The Morgan fingerprint density at radius 1 is 0.783 bits per heavy atom. The van der Waals surface area contributed by atoms with Crippen LogP contribution in [0, 0.1) is 0 Å². The fraction of sp³-hybridized carbons (Fsp3) is 0.571. The van der Waals surface area contributed by atoms with Crippen LogP contribution in [0.5, 0.6) is 0 Å². The molecule has 0 aliphatic carbocycles. The summed E-state index contributed by atoms with van der Waals surface area (Å²) in [5.41, 5.74) is 1.43. The van der Waals surface area contributed by atoms with E-state index in [1.54, 1.807) is 0 Å². The third kappa shape index (κ3) is 12.6. The number of hydrogen-bond donors (Lipinski definition) is 1. The van der Waals surface area contributed by atoms with Gasteiger partial charge in [-0.05, 0) is 44.1 Å². The van der Waals surface area contributed by atoms with E-state index in [0.717, 1.165) is 12.8 Å². The zero-order chi connectivity index (χ0) is 16.6. The Morgan fingerprint density at radius 2 is 1.35 bits per heavy atom. The number of aliphatic carboxylic acids is 1. The van der Waals surface area contributed by atoms with Crippen molar-refractivity contribution in [3.8, 4) is 0 Å². The molecule has 1 aromatic rings. The molecule has 0 spiro atoms. The molecule has 0 aliphatic rings. The molecule has 2 heteroatoms. The molecule has 1 N–H and O–H groups in total. The van der Waals surface area contributed by atoms with Crippen LogP contribution in [0.1, 0.15) is 76.2 Å². The van der Waals surface area contributed by atoms with Gasteiger partial charge in [-0.3, -0.25) is 4.79 Å². The second-order valence-electron chi connectivity index (χ2n) is 6.26. The average molecular weight is 316 g/mol. The van der Waals surface area contributed by atoms with Crippen LogP contribution in [-0.4, -0.2) is 11.1 Å². The SMILES string of the molecule is O=C(O)CCCCCCCCC/C=C/CCCc1ccccc1. The molecule has 2 nitrogen and oxygen atoms in total. The predicted octanol–water partition coefficient (Wildman–Crippen LogP) is 6.16. The van der Waals surface area contributed by atoms with Crippen LogP contribution in [0.4, 0.5) is 0 Å². The fourth-order valence-electron chi connectivity index (χ4n) is 2.73. The Labute approximate surface area is 141 Å². The third-order valence-electron chi connectivity index (χ3n) is 4.11. The summed E-state index contributed by atoms with van der Waals surface area (Å²) in [4.78, 5) is 10.4. The number of carboxylic acids is 1. The fourth-order valence-corrected chi connectivity index (χ4v) is 2.73. The van der Waals surface area contributed by atoms with Gasteiger partial charge in [-0.15, -0.1) is 0 Å². The number of allylic oxidation sites excluding steroid dienone is 2. The van der Waals surface area contributed by atoms with Gasteiger partial charge in [-0.25, -0.2) is 0 Å². The van der Waals surface area contributed by atoms with Crippen molar-refractivity contribution in [2.75, 3.05) is 0 Å². The van der Waals surface area contributed by atoms with Gasteiger partial charge in [0.2, 0.25) is 0 Å². The number of unbranched alkanes of at least 4 members (excludes halogenated alkanes) is 8. The molecule has 0 aromatic heterocycles. The van der Waals surface area contributed by atoms with E-state index in [-0.39, 0.29) is 0 Å². The Kier molecular flexibility index (Phi) is 11.9. The molecule has 0 heterocycles. The Hall–Kier alpha value is -1.57. The Bertz CT molecular complexity index is 423. The molecule has 0 aliphatic heterocycles. The van der Waals surface area contributed by atoms with Gasteiger partial charge in [0.1, 0.15) is 0 Å². The second-order valence-corrected chi connectivity index (χ2v) is 6.26. The summed E-state index contributed by atoms with van der Waals surface area (Å²) in [6.45, 7) is 0. The van der Waals surface area contributed by atoms with E-state index in [1.807, 2.05) is 0 Å². The topological polar surface area (TPSA) is 37.3 Å². The van der Waals surface area contributed by atoms with E-state index in [1.165, 1.54) is 63.4 Å². The zero-order valence-electron chi connectivity index (χ0n) is 14.4. The van der Waals surface area contributed by atoms with Crippen LogP contribution in [0.3, 0.4) is 0 Å². The van der Waals surface area contributed by atoms with E-state index >= 15 is 0 Å². The zero-order valence-corrected chi connectivity index (χ0v) is 14.4. The van der Waals surface area contributed by atoms with Gasteiger partial charge in [0.25, 0.3) is 0 Å². The van der Waals surface area contributed by atoms with Gasteiger partial charge in [0.05, 0.1) is 0 Å². The van der Waals surface area contributed by atoms with Crippen molar-refractivity contribution < 1.29 is 9.90 Å². The third-order valence-corrected chi connectivity index (χ3v) is 4.11. The molecule has 0 saturated heterocycles. The lowest BCUT2D eigenvalue weighted by atomic mass is 10.1. The van der Waals surface area contributed by atoms with Crippen molar-refractivity contribution in [2.45, 2.75) is 77.0 Å². The minimum absolute atomic E-state index is 0.328. The normalized spacial score (nSPS) is 11.1. The molecule has 1 aromatic carbocycles. The van der Waals surface area contributed by atoms with Gasteiger partial charge in [-0.1, -0.05) is 74.6 Å². The van der Waals surface area contributed by atoms with E-state index in [2.05, 4.69) is 42.5 Å². The molecule has 128 valence electrons. The summed E-state index contributed by atoms with van der Waals surface area (Å²) in [5.74, 6) is -0.666. The molecule has 0 fully saturated rings. The van der Waals surface area contributed by atoms with Crippen LogP contribution < -0.4 is 0 Å². The first-order valence-corrected chi connectivity index (χ1v) is 9.20. The number of rotatable bonds is 14. The highest BCUT2D eigenvalue weighted by Gasteiger charge is 1.96. The highest BCUT2D eigenvalue weighted by Crippen LogP contribution is 2.10. The number of aryl methyl sites for hydroxylation is 1. The predicted molar refractivity (Wildman–Crippen MR) is 97.7 cm³/mol. The first kappa shape index (κ1) is 19.5. The highest BCUT2D eigenvalue weighted by atomic mass is 16.4. The van der Waals surface area contributed by atoms with Crippen molar-refractivity contribution >= 4 is 5.97 Å². The summed E-state index contributed by atoms with van der Waals surface area (Å²) < 4.78 is 0. The summed E-state index contributed by atoms with van der Waals surface area (Å²) in [5, 5.41) is 8.54. The minimum Gasteiger partial charge on any atom is -0.481 e. The lowest BCUT2D eigenvalue weighted by Crippen LogP contribution is -1.93. The molecule has 0 unspecified atom stereocenters. The van der Waals surface area contributed by atoms with E-state index in [4.69, 9.17) is 5.11 Å². The molecule has 0 atom stereocenters. The Morgan fingerprint density at radius 3 is 2.00 bits per heavy atom. The van der Waals surface area contributed by atoms with Crippen LogP contribution in [0.15, 0.2) is 42.5 Å². The summed E-state index contributed by atoms with van der Waals surface area (Å²) in [6.07, 6.45) is 18.0. The van der Waals surface area contributed by atoms with Crippen LogP contribution in [-0.2, 0) is 11.2 Å². The molecule has 0 radical (unpaired) electrons. The smallest absolute Gasteiger partial charge is 0.303 e. The standard InChI is InChI=1S/C21H32O2/c22-21(23)19-15-10-8-6-4-2-1-3-5-7-9-12-16-20-17-13-11-14-18-20/h5,7,11,13-14,17-18H,1-4,6,8-10,12,15-16,19H2,(H,22,23)/b7-5+. The molecule has 0 saturated carbocycles. The number of carboxylic acid groups (broad SMARTS) is 1. The summed E-state index contributed by atoms with van der Waals surface area (Å²) >= 11 is 0. The average Bonchev–Trinajstić information content (AvgIpc) is 2.56. The highest BCUT2D eigenvalue weighted by molar-refractivity contribution is 5.66. The van der Waals surface area contributed by atoms with Gasteiger partial charge in [-0.2, -0.15) is 0 Å². The molecule has 0 bridgehead atoms. The minimum atomic E-state index is -0.666. The molecule has 1 rings (SSSR count). The first-order chi connectivity index (χ1) is 11.3. The lowest BCUT2D eigenvalue weighted by molar-refractivity contribution is -0.137. The van der Waals surface area contributed by atoms with Gasteiger partial charge >= 0.3 is 5.97 Å². The number of hydrogen-bond acceptors (Lipinski definition) is 1. The van der Waals surface area contributed by atoms with Gasteiger partial charge in [0, 0.05) is 6.42 Å². The van der Waals surface area contributed by atoms with E-state index in [9.17, 15) is 4.79 Å². The first-order valence-electron chi connectivity index (χ1n) is 9.20. The van der Waals surface area contributed by atoms with Gasteiger partial charge in [0.15, 0.2) is 0 Å². The maximum atomic E-state index is 10.4. The maximum absolute atomic E-state index is 10.4. The second kappa shape index (κ2) is 14.0. The number of carbonyl (C=O) groups is 1. The van der Waals surface area contributed by atoms with E-state index in [0.29, 0.717) is 6.42 Å². The van der Waals surface area contributed by atoms with Crippen molar-refractivity contribution in [1.82, 2.24) is 0 Å². The largest absolute Gasteiger partial charge is 0.481 e. The lowest BCUT2D eigenvalue weighted by Gasteiger charge is -2.00. The summed E-state index contributed by atoms with van der Waals surface area (Å²) in [7, 11) is 0. The van der Waals surface area contributed by atoms with Crippen LogP contribution in [0.2, 0.25) is 0 Å². The van der Waals surface area contributed by atoms with Crippen molar-refractivity contribution in [3.63, 3.8) is 0 Å². The molecule has 0 amide bonds. The van der Waals surface area contributed by atoms with Crippen LogP contribution in [0.25, 0.3) is 0 Å². The molecule has 23 heavy (non-hydrogen) atoms. The maximum Gasteiger partial charge on any atom is 0.303 e. The molecular weight excluding hydrogens is 284 g/mol. The van der Waals surface area contributed by atoms with Crippen molar-refractivity contribution in [3.05, 3.63) is 48.0 Å². The monoisotopic (exact) mass is 316 g/mol. The van der Waals surface area contributed by atoms with Crippen LogP contribution >= 0.6 is 0 Å². The van der Waals surface area contributed by atoms with Crippen molar-refractivity contribution in [2.24, 2.45) is 0 Å². The van der Waals surface area contributed by atoms with Gasteiger partial charge < -0.3 is 5.11 Å². The van der Waals surface area contributed by atoms with E-state index < -0.39 is 5.97 Å². The quantitative estimate of drug-likeness (QED) is 0.329.